The van der Waals surface area contributed by atoms with Crippen LogP contribution in [0, 0.1) is 0 Å². The van der Waals surface area contributed by atoms with E-state index in [0.29, 0.717) is 10.2 Å². The van der Waals surface area contributed by atoms with Crippen molar-refractivity contribution in [3.05, 3.63) is 40.4 Å². The molecule has 9 heteroatoms. The van der Waals surface area contributed by atoms with E-state index in [9.17, 15) is 8.42 Å². The fourth-order valence-corrected chi connectivity index (χ4v) is 4.19. The van der Waals surface area contributed by atoms with Crippen LogP contribution in [0.25, 0.3) is 0 Å². The molecule has 134 valence electrons. The van der Waals surface area contributed by atoms with Crippen LogP contribution in [0.5, 0.6) is 0 Å². The molecule has 0 aliphatic rings. The van der Waals surface area contributed by atoms with E-state index < -0.39 is 10.0 Å². The minimum Gasteiger partial charge on any atom is -0.303 e. The first-order valence-electron chi connectivity index (χ1n) is 7.39. The molecular weight excluding hydrogens is 389 g/mol. The smallest absolute Gasteiger partial charge is 0.263 e. The third-order valence-electron chi connectivity index (χ3n) is 3.48. The Balaban J connectivity index is 0.00000288. The predicted molar refractivity (Wildman–Crippen MR) is 103 cm³/mol. The summed E-state index contributed by atoms with van der Waals surface area (Å²) in [6.45, 7) is 7.15. The number of rotatable bonds is 8. The summed E-state index contributed by atoms with van der Waals surface area (Å²) in [6.07, 6.45) is 0.806. The van der Waals surface area contributed by atoms with Crippen molar-refractivity contribution in [2.75, 3.05) is 24.4 Å². The van der Waals surface area contributed by atoms with Crippen LogP contribution in [0.4, 0.5) is 5.13 Å². The van der Waals surface area contributed by atoms with Gasteiger partial charge in [0.1, 0.15) is 0 Å². The molecule has 1 N–H and O–H groups in total. The molecule has 0 fully saturated rings. The van der Waals surface area contributed by atoms with Crippen LogP contribution >= 0.6 is 35.3 Å². The van der Waals surface area contributed by atoms with Gasteiger partial charge in [-0.1, -0.05) is 25.4 Å². The zero-order valence-corrected chi connectivity index (χ0v) is 16.7. The van der Waals surface area contributed by atoms with Crippen molar-refractivity contribution in [2.45, 2.75) is 25.2 Å². The predicted octanol–water partition coefficient (Wildman–Crippen LogP) is 3.90. The minimum absolute atomic E-state index is 0. The van der Waals surface area contributed by atoms with E-state index in [1.807, 2.05) is 5.38 Å². The highest BCUT2D eigenvalue weighted by Crippen LogP contribution is 2.21. The van der Waals surface area contributed by atoms with E-state index in [0.717, 1.165) is 31.7 Å². The van der Waals surface area contributed by atoms with Crippen LogP contribution in [0.2, 0.25) is 5.02 Å². The number of aromatic nitrogens is 1. The molecule has 0 saturated carbocycles. The van der Waals surface area contributed by atoms with Crippen molar-refractivity contribution < 1.29 is 8.42 Å². The first kappa shape index (κ1) is 21.2. The van der Waals surface area contributed by atoms with E-state index >= 15 is 0 Å². The summed E-state index contributed by atoms with van der Waals surface area (Å²) in [5, 5.41) is 2.77. The average molecular weight is 410 g/mol. The van der Waals surface area contributed by atoms with Crippen LogP contribution in [0.1, 0.15) is 19.5 Å². The van der Waals surface area contributed by atoms with Gasteiger partial charge in [0.15, 0.2) is 5.13 Å². The normalized spacial score (nSPS) is 11.3. The number of hydrogen-bond donors (Lipinski definition) is 1. The van der Waals surface area contributed by atoms with Gasteiger partial charge in [-0.2, -0.15) is 0 Å². The third kappa shape index (κ3) is 5.89. The van der Waals surface area contributed by atoms with Crippen LogP contribution in [-0.2, 0) is 16.4 Å². The first-order chi connectivity index (χ1) is 10.9. The topological polar surface area (TPSA) is 62.3 Å². The lowest BCUT2D eigenvalue weighted by atomic mass is 10.3. The Hall–Kier alpha value is -0.860. The van der Waals surface area contributed by atoms with E-state index in [2.05, 4.69) is 28.5 Å². The number of sulfonamides is 1. The van der Waals surface area contributed by atoms with Crippen LogP contribution < -0.4 is 4.72 Å². The lowest BCUT2D eigenvalue weighted by molar-refractivity contribution is 0.307. The van der Waals surface area contributed by atoms with Gasteiger partial charge < -0.3 is 4.90 Å². The van der Waals surface area contributed by atoms with Crippen molar-refractivity contribution in [3.8, 4) is 0 Å². The van der Waals surface area contributed by atoms with Gasteiger partial charge in [-0.3, -0.25) is 4.72 Å². The average Bonchev–Trinajstić information content (AvgIpc) is 2.95. The zero-order valence-electron chi connectivity index (χ0n) is 13.5. The SMILES string of the molecule is CCN(CC)CCc1csc(NS(=O)(=O)c2ccc(Cl)cc2)n1.Cl. The lowest BCUT2D eigenvalue weighted by Crippen LogP contribution is -2.25. The molecule has 2 rings (SSSR count). The standard InChI is InChI=1S/C15H20ClN3O2S2.ClH/c1-3-19(4-2)10-9-13-11-22-15(17-13)18-23(20,21)14-7-5-12(16)6-8-14;/h5-8,11H,3-4,9-10H2,1-2H3,(H,17,18);1H. The quantitative estimate of drug-likeness (QED) is 0.717. The third-order valence-corrected chi connectivity index (χ3v) is 6.02. The first-order valence-corrected chi connectivity index (χ1v) is 10.1. The Bertz CT molecular complexity index is 729. The Kier molecular flexibility index (Phi) is 8.45. The highest BCUT2D eigenvalue weighted by Gasteiger charge is 2.16. The molecule has 5 nitrogen and oxygen atoms in total. The van der Waals surface area contributed by atoms with Crippen molar-refractivity contribution in [1.29, 1.82) is 0 Å². The molecule has 0 bridgehead atoms. The minimum atomic E-state index is -3.63. The van der Waals surface area contributed by atoms with Gasteiger partial charge in [0.2, 0.25) is 0 Å². The van der Waals surface area contributed by atoms with Crippen LogP contribution in [0.15, 0.2) is 34.5 Å². The van der Waals surface area contributed by atoms with Gasteiger partial charge in [0, 0.05) is 23.4 Å². The molecule has 1 aromatic heterocycles. The number of nitrogens with one attached hydrogen (secondary N) is 1. The second-order valence-corrected chi connectivity index (χ2v) is 7.96. The molecule has 0 saturated heterocycles. The van der Waals surface area contributed by atoms with Crippen molar-refractivity contribution in [2.24, 2.45) is 0 Å². The maximum Gasteiger partial charge on any atom is 0.263 e. The summed E-state index contributed by atoms with van der Waals surface area (Å²) in [7, 11) is -3.63. The van der Waals surface area contributed by atoms with Gasteiger partial charge in [0.05, 0.1) is 10.6 Å². The number of thiazole rings is 1. The Morgan fingerprint density at radius 2 is 1.83 bits per heavy atom. The lowest BCUT2D eigenvalue weighted by Gasteiger charge is -2.16. The van der Waals surface area contributed by atoms with Gasteiger partial charge in [0.25, 0.3) is 10.0 Å². The van der Waals surface area contributed by atoms with E-state index in [1.165, 1.54) is 23.5 Å². The largest absolute Gasteiger partial charge is 0.303 e. The molecule has 0 unspecified atom stereocenters. The van der Waals surface area contributed by atoms with Crippen molar-refractivity contribution in [3.63, 3.8) is 0 Å². The molecule has 0 atom stereocenters. The summed E-state index contributed by atoms with van der Waals surface area (Å²) in [5.41, 5.74) is 0.899. The zero-order chi connectivity index (χ0) is 16.9. The van der Waals surface area contributed by atoms with Gasteiger partial charge in [-0.15, -0.1) is 23.7 Å². The Morgan fingerprint density at radius 1 is 1.21 bits per heavy atom. The molecule has 0 amide bonds. The van der Waals surface area contributed by atoms with Gasteiger partial charge in [-0.05, 0) is 37.4 Å². The van der Waals surface area contributed by atoms with Crippen molar-refractivity contribution in [1.82, 2.24) is 9.88 Å². The highest BCUT2D eigenvalue weighted by atomic mass is 35.5. The summed E-state index contributed by atoms with van der Waals surface area (Å²) < 4.78 is 27.1. The summed E-state index contributed by atoms with van der Waals surface area (Å²) in [5.74, 6) is 0. The second-order valence-electron chi connectivity index (χ2n) is 4.98. The van der Waals surface area contributed by atoms with Gasteiger partial charge >= 0.3 is 0 Å². The molecular formula is C15H21Cl2N3O2S2. The fraction of sp³-hybridized carbons (Fsp3) is 0.400. The molecule has 1 heterocycles. The van der Waals surface area contributed by atoms with Crippen LogP contribution in [0.3, 0.4) is 0 Å². The molecule has 0 radical (unpaired) electrons. The molecule has 0 aliphatic carbocycles. The van der Waals surface area contributed by atoms with Crippen molar-refractivity contribution >= 4 is 50.5 Å². The number of benzene rings is 1. The highest BCUT2D eigenvalue weighted by molar-refractivity contribution is 7.93. The fourth-order valence-electron chi connectivity index (χ4n) is 2.07. The Morgan fingerprint density at radius 3 is 2.42 bits per heavy atom. The molecule has 24 heavy (non-hydrogen) atoms. The number of likely N-dealkylation sites (N-methyl/N-ethyl adjacent to an activating group) is 1. The summed E-state index contributed by atoms with van der Waals surface area (Å²) in [6, 6.07) is 6.04. The van der Waals surface area contributed by atoms with Crippen LogP contribution in [-0.4, -0.2) is 37.9 Å². The molecule has 2 aromatic rings. The van der Waals surface area contributed by atoms with E-state index in [1.54, 1.807) is 12.1 Å². The maximum absolute atomic E-state index is 12.3. The number of halogens is 2. The molecule has 0 aliphatic heterocycles. The molecule has 0 spiro atoms. The van der Waals surface area contributed by atoms with E-state index in [-0.39, 0.29) is 17.3 Å². The number of hydrogen-bond acceptors (Lipinski definition) is 5. The Labute approximate surface area is 158 Å². The molecule has 1 aromatic carbocycles. The van der Waals surface area contributed by atoms with E-state index in [4.69, 9.17) is 11.6 Å². The maximum atomic E-state index is 12.3. The summed E-state index contributed by atoms with van der Waals surface area (Å²) >= 11 is 7.08. The second kappa shape index (κ2) is 9.58. The number of nitrogens with zero attached hydrogens (tertiary/aromatic N) is 2. The summed E-state index contributed by atoms with van der Waals surface area (Å²) in [4.78, 5) is 6.83. The number of anilines is 1. The monoisotopic (exact) mass is 409 g/mol. The van der Waals surface area contributed by atoms with Gasteiger partial charge in [-0.25, -0.2) is 13.4 Å².